The molecule has 0 fully saturated rings. The highest BCUT2D eigenvalue weighted by Crippen LogP contribution is 2.28. The minimum atomic E-state index is 1.09. The van der Waals surface area contributed by atoms with Crippen molar-refractivity contribution in [2.45, 2.75) is 34.1 Å². The van der Waals surface area contributed by atoms with Crippen LogP contribution in [-0.4, -0.2) is 0 Å². The standard InChI is InChI=1S/C19H22/c1-5-7-8-9-16-12-13-17-11-10-14(3)18(6-2)19(17)15(16)4/h5,7-13H,6H2,1-4H3/b7-5+,9-8-. The summed E-state index contributed by atoms with van der Waals surface area (Å²) in [5.74, 6) is 0. The molecule has 0 unspecified atom stereocenters. The Morgan fingerprint density at radius 2 is 1.74 bits per heavy atom. The Morgan fingerprint density at radius 3 is 2.42 bits per heavy atom. The molecule has 0 aliphatic heterocycles. The Kier molecular flexibility index (Phi) is 4.21. The fourth-order valence-electron chi connectivity index (χ4n) is 2.71. The maximum Gasteiger partial charge on any atom is -0.0114 e. The van der Waals surface area contributed by atoms with Crippen LogP contribution in [0, 0.1) is 13.8 Å². The van der Waals surface area contributed by atoms with Crippen LogP contribution in [0.25, 0.3) is 16.8 Å². The fourth-order valence-corrected chi connectivity index (χ4v) is 2.71. The summed E-state index contributed by atoms with van der Waals surface area (Å²) in [6.45, 7) is 8.72. The highest BCUT2D eigenvalue weighted by atomic mass is 14.1. The van der Waals surface area contributed by atoms with Gasteiger partial charge in [0.15, 0.2) is 0 Å². The van der Waals surface area contributed by atoms with Crippen molar-refractivity contribution in [3.05, 3.63) is 64.7 Å². The van der Waals surface area contributed by atoms with Gasteiger partial charge in [-0.2, -0.15) is 0 Å². The van der Waals surface area contributed by atoms with Gasteiger partial charge in [0.05, 0.1) is 0 Å². The largest absolute Gasteiger partial charge is 0.0877 e. The molecule has 0 heteroatoms. The van der Waals surface area contributed by atoms with E-state index < -0.39 is 0 Å². The predicted molar refractivity (Wildman–Crippen MR) is 86.6 cm³/mol. The molecule has 0 aliphatic carbocycles. The number of allylic oxidation sites excluding steroid dienone is 3. The Morgan fingerprint density at radius 1 is 1.00 bits per heavy atom. The zero-order valence-electron chi connectivity index (χ0n) is 12.3. The van der Waals surface area contributed by atoms with Gasteiger partial charge >= 0.3 is 0 Å². The average molecular weight is 250 g/mol. The number of hydrogen-bond donors (Lipinski definition) is 0. The average Bonchev–Trinajstić information content (AvgIpc) is 2.42. The van der Waals surface area contributed by atoms with Gasteiger partial charge in [0.25, 0.3) is 0 Å². The molecule has 2 rings (SSSR count). The normalized spacial score (nSPS) is 12.0. The molecule has 0 amide bonds. The van der Waals surface area contributed by atoms with E-state index in [2.05, 4.69) is 69.3 Å². The van der Waals surface area contributed by atoms with Crippen LogP contribution in [-0.2, 0) is 6.42 Å². The lowest BCUT2D eigenvalue weighted by atomic mass is 9.92. The minimum Gasteiger partial charge on any atom is -0.0877 e. The van der Waals surface area contributed by atoms with Gasteiger partial charge in [-0.1, -0.05) is 55.5 Å². The fraction of sp³-hybridized carbons (Fsp3) is 0.263. The smallest absolute Gasteiger partial charge is 0.0114 e. The van der Waals surface area contributed by atoms with Gasteiger partial charge in [0, 0.05) is 0 Å². The summed E-state index contributed by atoms with van der Waals surface area (Å²) in [5.41, 5.74) is 5.58. The molecular weight excluding hydrogens is 228 g/mol. The molecule has 2 aromatic rings. The number of fused-ring (bicyclic) bond motifs is 1. The lowest BCUT2D eigenvalue weighted by Crippen LogP contribution is -1.93. The quantitative estimate of drug-likeness (QED) is 0.621. The van der Waals surface area contributed by atoms with E-state index in [0.717, 1.165) is 6.42 Å². The second-order valence-corrected chi connectivity index (χ2v) is 4.98. The SMILES string of the molecule is C/C=C/C=C\c1ccc2ccc(C)c(CC)c2c1C. The third kappa shape index (κ3) is 2.63. The van der Waals surface area contributed by atoms with Crippen LogP contribution >= 0.6 is 0 Å². The summed E-state index contributed by atoms with van der Waals surface area (Å²) in [5, 5.41) is 2.79. The van der Waals surface area contributed by atoms with Gasteiger partial charge in [0.1, 0.15) is 0 Å². The molecule has 2 aromatic carbocycles. The summed E-state index contributed by atoms with van der Waals surface area (Å²) < 4.78 is 0. The van der Waals surface area contributed by atoms with Crippen molar-refractivity contribution in [1.82, 2.24) is 0 Å². The zero-order valence-corrected chi connectivity index (χ0v) is 12.3. The second-order valence-electron chi connectivity index (χ2n) is 4.98. The first kappa shape index (κ1) is 13.6. The highest BCUT2D eigenvalue weighted by Gasteiger charge is 2.07. The van der Waals surface area contributed by atoms with E-state index in [-0.39, 0.29) is 0 Å². The van der Waals surface area contributed by atoms with E-state index in [0.29, 0.717) is 0 Å². The van der Waals surface area contributed by atoms with E-state index in [1.807, 2.05) is 6.92 Å². The van der Waals surface area contributed by atoms with Crippen LogP contribution in [0.1, 0.15) is 36.1 Å². The molecule has 0 bridgehead atoms. The molecule has 0 aromatic heterocycles. The topological polar surface area (TPSA) is 0 Å². The lowest BCUT2D eigenvalue weighted by Gasteiger charge is -2.13. The molecule has 0 N–H and O–H groups in total. The second kappa shape index (κ2) is 5.88. The number of benzene rings is 2. The van der Waals surface area contributed by atoms with E-state index in [1.165, 1.54) is 33.0 Å². The minimum absolute atomic E-state index is 1.09. The molecular formula is C19H22. The van der Waals surface area contributed by atoms with Crippen molar-refractivity contribution < 1.29 is 0 Å². The number of hydrogen-bond acceptors (Lipinski definition) is 0. The van der Waals surface area contributed by atoms with Gasteiger partial charge in [-0.3, -0.25) is 0 Å². The van der Waals surface area contributed by atoms with Gasteiger partial charge in [-0.15, -0.1) is 0 Å². The summed E-state index contributed by atoms with van der Waals surface area (Å²) in [6.07, 6.45) is 9.51. The van der Waals surface area contributed by atoms with Gasteiger partial charge < -0.3 is 0 Å². The molecule has 0 aliphatic rings. The van der Waals surface area contributed by atoms with Crippen molar-refractivity contribution in [1.29, 1.82) is 0 Å². The Bertz CT molecular complexity index is 643. The van der Waals surface area contributed by atoms with Crippen LogP contribution in [0.4, 0.5) is 0 Å². The van der Waals surface area contributed by atoms with Crippen molar-refractivity contribution in [2.24, 2.45) is 0 Å². The first-order chi connectivity index (χ1) is 9.19. The molecule has 0 nitrogen and oxygen atoms in total. The Labute approximate surface area is 116 Å². The Balaban J connectivity index is 2.68. The molecule has 19 heavy (non-hydrogen) atoms. The Hall–Kier alpha value is -1.82. The molecule has 0 atom stereocenters. The molecule has 0 saturated carbocycles. The molecule has 0 heterocycles. The summed E-state index contributed by atoms with van der Waals surface area (Å²) in [4.78, 5) is 0. The van der Waals surface area contributed by atoms with Gasteiger partial charge in [-0.05, 0) is 60.2 Å². The first-order valence-electron chi connectivity index (χ1n) is 7.00. The van der Waals surface area contributed by atoms with Crippen LogP contribution in [0.2, 0.25) is 0 Å². The summed E-state index contributed by atoms with van der Waals surface area (Å²) >= 11 is 0. The van der Waals surface area contributed by atoms with Crippen molar-refractivity contribution in [3.8, 4) is 0 Å². The van der Waals surface area contributed by atoms with E-state index >= 15 is 0 Å². The third-order valence-electron chi connectivity index (χ3n) is 3.76. The third-order valence-corrected chi connectivity index (χ3v) is 3.76. The monoisotopic (exact) mass is 250 g/mol. The summed E-state index contributed by atoms with van der Waals surface area (Å²) in [6, 6.07) is 8.91. The molecule has 0 saturated heterocycles. The van der Waals surface area contributed by atoms with Crippen LogP contribution in [0.5, 0.6) is 0 Å². The highest BCUT2D eigenvalue weighted by molar-refractivity contribution is 5.92. The van der Waals surface area contributed by atoms with E-state index in [4.69, 9.17) is 0 Å². The van der Waals surface area contributed by atoms with Gasteiger partial charge in [-0.25, -0.2) is 0 Å². The predicted octanol–water partition coefficient (Wildman–Crippen LogP) is 5.61. The summed E-state index contributed by atoms with van der Waals surface area (Å²) in [7, 11) is 0. The molecule has 0 spiro atoms. The van der Waals surface area contributed by atoms with E-state index in [9.17, 15) is 0 Å². The van der Waals surface area contributed by atoms with Crippen LogP contribution in [0.15, 0.2) is 42.5 Å². The van der Waals surface area contributed by atoms with Crippen LogP contribution < -0.4 is 0 Å². The maximum absolute atomic E-state index is 2.24. The van der Waals surface area contributed by atoms with Crippen molar-refractivity contribution in [3.63, 3.8) is 0 Å². The van der Waals surface area contributed by atoms with E-state index in [1.54, 1.807) is 0 Å². The molecule has 0 radical (unpaired) electrons. The maximum atomic E-state index is 2.24. The first-order valence-corrected chi connectivity index (χ1v) is 7.00. The van der Waals surface area contributed by atoms with Gasteiger partial charge in [0.2, 0.25) is 0 Å². The zero-order chi connectivity index (χ0) is 13.8. The number of rotatable bonds is 3. The molecule has 98 valence electrons. The number of aryl methyl sites for hydroxylation is 3. The lowest BCUT2D eigenvalue weighted by molar-refractivity contribution is 1.13. The van der Waals surface area contributed by atoms with Crippen LogP contribution in [0.3, 0.4) is 0 Å². The van der Waals surface area contributed by atoms with Crippen molar-refractivity contribution >= 4 is 16.8 Å². The van der Waals surface area contributed by atoms with Crippen molar-refractivity contribution in [2.75, 3.05) is 0 Å².